The molecule has 1 spiro atoms. The molecule has 0 bridgehead atoms. The van der Waals surface area contributed by atoms with Gasteiger partial charge in [-0.2, -0.15) is 0 Å². The predicted octanol–water partition coefficient (Wildman–Crippen LogP) is 4.31. The van der Waals surface area contributed by atoms with Gasteiger partial charge < -0.3 is 15.4 Å². The number of carbonyl (C=O) groups excluding carboxylic acids is 3. The number of aromatic nitrogens is 1. The highest BCUT2D eigenvalue weighted by Gasteiger charge is 2.49. The molecule has 202 valence electrons. The summed E-state index contributed by atoms with van der Waals surface area (Å²) in [4.78, 5) is 53.2. The Morgan fingerprint density at radius 3 is 2.72 bits per heavy atom. The second kappa shape index (κ2) is 9.37. The Morgan fingerprint density at radius 2 is 1.97 bits per heavy atom. The number of halogens is 2. The Morgan fingerprint density at radius 1 is 1.18 bits per heavy atom. The molecule has 3 N–H and O–H groups in total. The van der Waals surface area contributed by atoms with E-state index in [9.17, 15) is 19.2 Å². The van der Waals surface area contributed by atoms with Crippen molar-refractivity contribution in [1.82, 2.24) is 9.47 Å². The van der Waals surface area contributed by atoms with Gasteiger partial charge in [0.15, 0.2) is 11.4 Å². The van der Waals surface area contributed by atoms with Gasteiger partial charge in [0, 0.05) is 18.2 Å². The summed E-state index contributed by atoms with van der Waals surface area (Å²) in [5, 5.41) is 3.02. The van der Waals surface area contributed by atoms with Gasteiger partial charge in [-0.05, 0) is 67.0 Å². The van der Waals surface area contributed by atoms with Crippen molar-refractivity contribution in [2.24, 2.45) is 11.7 Å². The SMILES string of the molecule is NC(=O)c1ccc2c(ccc(=O)n2[C@@H](CC2CC2)C(=O)N2CCC[C@@]3(C2)OC(=O)Nc2ccc(Cl)c(F)c23)c1. The van der Waals surface area contributed by atoms with Crippen LogP contribution in [0.3, 0.4) is 0 Å². The zero-order chi connectivity index (χ0) is 27.5. The lowest BCUT2D eigenvalue weighted by Gasteiger charge is -2.45. The summed E-state index contributed by atoms with van der Waals surface area (Å²) in [5.41, 5.74) is 4.86. The van der Waals surface area contributed by atoms with Gasteiger partial charge >= 0.3 is 6.09 Å². The minimum atomic E-state index is -1.41. The molecule has 0 radical (unpaired) electrons. The molecule has 2 aliphatic heterocycles. The first-order valence-corrected chi connectivity index (χ1v) is 13.3. The molecule has 1 saturated carbocycles. The molecule has 39 heavy (non-hydrogen) atoms. The predicted molar refractivity (Wildman–Crippen MR) is 142 cm³/mol. The number of carbonyl (C=O) groups is 3. The maximum absolute atomic E-state index is 15.3. The number of ether oxygens (including phenoxy) is 1. The number of likely N-dealkylation sites (tertiary alicyclic amines) is 1. The number of piperidine rings is 1. The van der Waals surface area contributed by atoms with Crippen molar-refractivity contribution in [3.05, 3.63) is 74.8 Å². The van der Waals surface area contributed by atoms with Crippen LogP contribution in [-0.2, 0) is 15.1 Å². The Hall–Kier alpha value is -3.92. The Bertz CT molecular complexity index is 1600. The smallest absolute Gasteiger partial charge is 0.412 e. The first kappa shape index (κ1) is 25.4. The van der Waals surface area contributed by atoms with Crippen LogP contribution >= 0.6 is 11.6 Å². The largest absolute Gasteiger partial charge is 0.436 e. The number of pyridine rings is 1. The molecule has 2 fully saturated rings. The molecule has 1 aromatic heterocycles. The van der Waals surface area contributed by atoms with Crippen LogP contribution in [0.25, 0.3) is 10.9 Å². The number of benzene rings is 2. The van der Waals surface area contributed by atoms with Crippen molar-refractivity contribution >= 4 is 46.1 Å². The van der Waals surface area contributed by atoms with Gasteiger partial charge in [0.1, 0.15) is 6.04 Å². The standard InChI is InChI=1S/C28H26ClFN4O5/c29-18-6-7-19-23(24(18)30)28(39-27(38)32-19)10-1-11-33(14-28)26(37)21(12-15-2-3-15)34-20-8-4-17(25(31)36)13-16(20)5-9-22(34)35/h4-9,13,15,21H,1-3,10-12,14H2,(H2,31,36)(H,32,38)/t21-,28-/m0/s1. The topological polar surface area (TPSA) is 124 Å². The van der Waals surface area contributed by atoms with Crippen LogP contribution in [0.4, 0.5) is 14.9 Å². The Kier molecular flexibility index (Phi) is 6.10. The van der Waals surface area contributed by atoms with Crippen LogP contribution in [0.2, 0.25) is 5.02 Å². The Labute approximate surface area is 227 Å². The molecule has 3 heterocycles. The number of fused-ring (bicyclic) bond motifs is 3. The number of nitrogens with zero attached hydrogens (tertiary/aromatic N) is 2. The molecule has 2 atom stereocenters. The van der Waals surface area contributed by atoms with Gasteiger partial charge in [-0.25, -0.2) is 9.18 Å². The van der Waals surface area contributed by atoms with Gasteiger partial charge in [0.2, 0.25) is 11.8 Å². The number of hydrogen-bond donors (Lipinski definition) is 2. The van der Waals surface area contributed by atoms with E-state index in [0.717, 1.165) is 12.8 Å². The van der Waals surface area contributed by atoms with Gasteiger partial charge in [-0.3, -0.25) is 24.3 Å². The molecule has 6 rings (SSSR count). The van der Waals surface area contributed by atoms with Crippen molar-refractivity contribution in [3.63, 3.8) is 0 Å². The van der Waals surface area contributed by atoms with Crippen LogP contribution < -0.4 is 16.6 Å². The van der Waals surface area contributed by atoms with Crippen LogP contribution in [0.15, 0.2) is 47.3 Å². The van der Waals surface area contributed by atoms with Crippen molar-refractivity contribution in [3.8, 4) is 0 Å². The molecule has 1 saturated heterocycles. The molecule has 3 aliphatic rings. The van der Waals surface area contributed by atoms with E-state index in [1.54, 1.807) is 23.1 Å². The van der Waals surface area contributed by atoms with Crippen LogP contribution in [-0.4, -0.2) is 40.5 Å². The van der Waals surface area contributed by atoms with Gasteiger partial charge in [0.25, 0.3) is 5.56 Å². The van der Waals surface area contributed by atoms with Crippen molar-refractivity contribution in [1.29, 1.82) is 0 Å². The van der Waals surface area contributed by atoms with E-state index >= 15 is 4.39 Å². The van der Waals surface area contributed by atoms with Crippen LogP contribution in [0.1, 0.15) is 54.1 Å². The second-order valence-electron chi connectivity index (χ2n) is 10.5. The third kappa shape index (κ3) is 4.42. The first-order valence-electron chi connectivity index (χ1n) is 12.9. The second-order valence-corrected chi connectivity index (χ2v) is 10.9. The summed E-state index contributed by atoms with van der Waals surface area (Å²) in [6.45, 7) is 0.283. The fourth-order valence-electron chi connectivity index (χ4n) is 5.90. The number of primary amides is 1. The zero-order valence-electron chi connectivity index (χ0n) is 20.9. The third-order valence-electron chi connectivity index (χ3n) is 7.91. The van der Waals surface area contributed by atoms with Crippen molar-refractivity contribution < 1.29 is 23.5 Å². The molecule has 1 aliphatic carbocycles. The average molecular weight is 553 g/mol. The summed E-state index contributed by atoms with van der Waals surface area (Å²) in [5.74, 6) is -1.32. The lowest BCUT2D eigenvalue weighted by atomic mass is 9.82. The van der Waals surface area contributed by atoms with Crippen molar-refractivity contribution in [2.45, 2.75) is 43.7 Å². The first-order chi connectivity index (χ1) is 18.7. The lowest BCUT2D eigenvalue weighted by molar-refractivity contribution is -0.143. The summed E-state index contributed by atoms with van der Waals surface area (Å²) >= 11 is 6.09. The molecule has 3 aromatic rings. The normalized spacial score (nSPS) is 21.3. The highest BCUT2D eigenvalue weighted by molar-refractivity contribution is 6.31. The van der Waals surface area contributed by atoms with E-state index in [1.807, 2.05) is 0 Å². The number of nitrogens with two attached hydrogens (primary N) is 1. The van der Waals surface area contributed by atoms with E-state index in [0.29, 0.717) is 48.2 Å². The van der Waals surface area contributed by atoms with E-state index in [1.165, 1.54) is 28.8 Å². The van der Waals surface area contributed by atoms with E-state index in [2.05, 4.69) is 5.32 Å². The van der Waals surface area contributed by atoms with Gasteiger partial charge in [-0.15, -0.1) is 0 Å². The molecule has 3 amide bonds. The summed E-state index contributed by atoms with van der Waals surface area (Å²) in [7, 11) is 0. The molecule has 2 aromatic carbocycles. The number of hydrogen-bond acceptors (Lipinski definition) is 5. The fraction of sp³-hybridized carbons (Fsp3) is 0.357. The van der Waals surface area contributed by atoms with Gasteiger partial charge in [0.05, 0.1) is 28.3 Å². The van der Waals surface area contributed by atoms with E-state index < -0.39 is 29.5 Å². The minimum Gasteiger partial charge on any atom is -0.436 e. The van der Waals surface area contributed by atoms with Crippen LogP contribution in [0.5, 0.6) is 0 Å². The summed E-state index contributed by atoms with van der Waals surface area (Å²) < 4.78 is 22.5. The lowest BCUT2D eigenvalue weighted by Crippen LogP contribution is -2.55. The summed E-state index contributed by atoms with van der Waals surface area (Å²) in [6.07, 6.45) is 2.40. The molecule has 9 nitrogen and oxygen atoms in total. The number of rotatable bonds is 5. The third-order valence-corrected chi connectivity index (χ3v) is 8.20. The highest BCUT2D eigenvalue weighted by Crippen LogP contribution is 2.46. The van der Waals surface area contributed by atoms with E-state index in [4.69, 9.17) is 22.1 Å². The average Bonchev–Trinajstić information content (AvgIpc) is 3.73. The maximum atomic E-state index is 15.3. The zero-order valence-corrected chi connectivity index (χ0v) is 21.7. The molecule has 11 heteroatoms. The minimum absolute atomic E-state index is 0.0734. The molecular weight excluding hydrogens is 527 g/mol. The highest BCUT2D eigenvalue weighted by atomic mass is 35.5. The number of anilines is 1. The number of amides is 3. The summed E-state index contributed by atoms with van der Waals surface area (Å²) in [6, 6.07) is 9.80. The van der Waals surface area contributed by atoms with Gasteiger partial charge in [-0.1, -0.05) is 24.4 Å². The van der Waals surface area contributed by atoms with Crippen LogP contribution in [0, 0.1) is 11.7 Å². The molecular formula is C28H26ClFN4O5. The van der Waals surface area contributed by atoms with E-state index in [-0.39, 0.29) is 34.3 Å². The maximum Gasteiger partial charge on any atom is 0.412 e. The fourth-order valence-corrected chi connectivity index (χ4v) is 6.06. The Balaban J connectivity index is 1.41. The monoisotopic (exact) mass is 552 g/mol. The molecule has 0 unspecified atom stereocenters. The quantitative estimate of drug-likeness (QED) is 0.488. The number of nitrogens with one attached hydrogen (secondary N) is 1. The van der Waals surface area contributed by atoms with Crippen molar-refractivity contribution in [2.75, 3.05) is 18.4 Å².